The molecule has 0 spiro atoms. The summed E-state index contributed by atoms with van der Waals surface area (Å²) in [6.07, 6.45) is 3.19. The number of carbonyl (C=O) groups is 1. The van der Waals surface area contributed by atoms with Crippen LogP contribution in [0.25, 0.3) is 0 Å². The average molecular weight is 318 g/mol. The van der Waals surface area contributed by atoms with Crippen LogP contribution < -0.4 is 0 Å². The van der Waals surface area contributed by atoms with Crippen LogP contribution in [-0.2, 0) is 19.1 Å². The summed E-state index contributed by atoms with van der Waals surface area (Å²) < 4.78 is 27.9. The highest BCUT2D eigenvalue weighted by atomic mass is 32.2. The van der Waals surface area contributed by atoms with Gasteiger partial charge in [0, 0.05) is 12.8 Å². The average Bonchev–Trinajstić information content (AvgIpc) is 2.98. The van der Waals surface area contributed by atoms with Crippen LogP contribution in [0, 0.1) is 0 Å². The molecule has 1 aliphatic carbocycles. The second-order valence-corrected chi connectivity index (χ2v) is 7.28. The Balaban J connectivity index is 0.000000333. The van der Waals surface area contributed by atoms with Gasteiger partial charge >= 0.3 is 0 Å². The summed E-state index contributed by atoms with van der Waals surface area (Å²) in [4.78, 5) is 10.9. The first kappa shape index (κ1) is 17.3. The molecule has 114 valence electrons. The standard InChI is InChI=1S/C10H18O4S.C4H4S/c1-2-3-8-15(12,13)14-10-6-4-9(11)5-7-10;1-2-4-5-3-1/h10H,2-8H2,1H3;1-4H. The lowest BCUT2D eigenvalue weighted by Gasteiger charge is -2.20. The minimum Gasteiger partial charge on any atom is -0.300 e. The van der Waals surface area contributed by atoms with Crippen LogP contribution in [0.4, 0.5) is 0 Å². The van der Waals surface area contributed by atoms with Crippen LogP contribution in [0.5, 0.6) is 0 Å². The summed E-state index contributed by atoms with van der Waals surface area (Å²) >= 11 is 1.71. The van der Waals surface area contributed by atoms with Gasteiger partial charge in [0.2, 0.25) is 0 Å². The molecular weight excluding hydrogens is 296 g/mol. The number of rotatable bonds is 5. The molecule has 0 aliphatic heterocycles. The Hall–Kier alpha value is -0.720. The third-order valence-electron chi connectivity index (χ3n) is 2.95. The van der Waals surface area contributed by atoms with Crippen molar-refractivity contribution in [2.75, 3.05) is 5.75 Å². The summed E-state index contributed by atoms with van der Waals surface area (Å²) in [5.41, 5.74) is 0. The van der Waals surface area contributed by atoms with Gasteiger partial charge in [-0.3, -0.25) is 8.98 Å². The van der Waals surface area contributed by atoms with Gasteiger partial charge < -0.3 is 0 Å². The van der Waals surface area contributed by atoms with Gasteiger partial charge in [-0.05, 0) is 30.0 Å². The molecule has 0 unspecified atom stereocenters. The van der Waals surface area contributed by atoms with Gasteiger partial charge in [-0.25, -0.2) is 0 Å². The molecule has 1 fully saturated rings. The molecule has 0 N–H and O–H groups in total. The molecule has 1 aromatic rings. The van der Waals surface area contributed by atoms with Crippen LogP contribution in [0.2, 0.25) is 0 Å². The van der Waals surface area contributed by atoms with Crippen molar-refractivity contribution in [1.29, 1.82) is 0 Å². The second-order valence-electron chi connectivity index (χ2n) is 4.74. The van der Waals surface area contributed by atoms with E-state index >= 15 is 0 Å². The minimum absolute atomic E-state index is 0.0912. The molecule has 0 radical (unpaired) electrons. The molecule has 0 saturated heterocycles. The molecule has 1 saturated carbocycles. The van der Waals surface area contributed by atoms with E-state index in [2.05, 4.69) is 0 Å². The lowest BCUT2D eigenvalue weighted by Crippen LogP contribution is -2.25. The number of hydrogen-bond donors (Lipinski definition) is 0. The quantitative estimate of drug-likeness (QED) is 0.781. The fourth-order valence-corrected chi connectivity index (χ4v) is 3.61. The molecule has 0 bridgehead atoms. The first-order valence-electron chi connectivity index (χ1n) is 6.93. The Morgan fingerprint density at radius 3 is 2.30 bits per heavy atom. The van der Waals surface area contributed by atoms with E-state index in [-0.39, 0.29) is 17.6 Å². The number of ketones is 1. The summed E-state index contributed by atoms with van der Waals surface area (Å²) in [6, 6.07) is 4.04. The fourth-order valence-electron chi connectivity index (χ4n) is 1.81. The lowest BCUT2D eigenvalue weighted by atomic mass is 9.97. The number of carbonyl (C=O) groups excluding carboxylic acids is 1. The van der Waals surface area contributed by atoms with Crippen molar-refractivity contribution in [3.63, 3.8) is 0 Å². The third-order valence-corrected chi connectivity index (χ3v) is 4.93. The molecule has 0 atom stereocenters. The Kier molecular flexibility index (Phi) is 8.02. The molecule has 0 aromatic carbocycles. The molecule has 1 aliphatic rings. The highest BCUT2D eigenvalue weighted by Gasteiger charge is 2.24. The SMILES string of the molecule is CCCCS(=O)(=O)OC1CCC(=O)CC1.c1ccsc1. The monoisotopic (exact) mass is 318 g/mol. The number of thiophene rings is 1. The molecule has 1 heterocycles. The van der Waals surface area contributed by atoms with Crippen molar-refractivity contribution < 1.29 is 17.4 Å². The van der Waals surface area contributed by atoms with Crippen molar-refractivity contribution in [1.82, 2.24) is 0 Å². The van der Waals surface area contributed by atoms with Crippen LogP contribution in [-0.4, -0.2) is 26.1 Å². The van der Waals surface area contributed by atoms with Crippen molar-refractivity contribution in [3.8, 4) is 0 Å². The first-order chi connectivity index (χ1) is 9.53. The summed E-state index contributed by atoms with van der Waals surface area (Å²) in [5.74, 6) is 0.300. The Morgan fingerprint density at radius 1 is 1.25 bits per heavy atom. The Bertz CT molecular complexity index is 438. The highest BCUT2D eigenvalue weighted by Crippen LogP contribution is 2.20. The fraction of sp³-hybridized carbons (Fsp3) is 0.643. The van der Waals surface area contributed by atoms with Gasteiger partial charge in [0.1, 0.15) is 5.78 Å². The van der Waals surface area contributed by atoms with Gasteiger partial charge in [0.15, 0.2) is 0 Å². The van der Waals surface area contributed by atoms with E-state index in [0.29, 0.717) is 32.1 Å². The van der Waals surface area contributed by atoms with E-state index < -0.39 is 10.1 Å². The van der Waals surface area contributed by atoms with Crippen LogP contribution in [0.1, 0.15) is 45.4 Å². The van der Waals surface area contributed by atoms with Gasteiger partial charge in [-0.2, -0.15) is 19.8 Å². The topological polar surface area (TPSA) is 60.4 Å². The van der Waals surface area contributed by atoms with Gasteiger partial charge in [-0.15, -0.1) is 0 Å². The number of unbranched alkanes of at least 4 members (excludes halogenated alkanes) is 1. The predicted molar refractivity (Wildman–Crippen MR) is 81.4 cm³/mol. The third kappa shape index (κ3) is 7.77. The van der Waals surface area contributed by atoms with Crippen LogP contribution in [0.15, 0.2) is 22.9 Å². The largest absolute Gasteiger partial charge is 0.300 e. The molecule has 20 heavy (non-hydrogen) atoms. The van der Waals surface area contributed by atoms with Gasteiger partial charge in [-0.1, -0.05) is 25.5 Å². The lowest BCUT2D eigenvalue weighted by molar-refractivity contribution is -0.121. The molecule has 6 heteroatoms. The van der Waals surface area contributed by atoms with Crippen molar-refractivity contribution >= 4 is 27.2 Å². The first-order valence-corrected chi connectivity index (χ1v) is 9.45. The maximum absolute atomic E-state index is 11.4. The van der Waals surface area contributed by atoms with Crippen LogP contribution >= 0.6 is 11.3 Å². The molecule has 2 rings (SSSR count). The van der Waals surface area contributed by atoms with Gasteiger partial charge in [0.05, 0.1) is 11.9 Å². The van der Waals surface area contributed by atoms with E-state index in [0.717, 1.165) is 6.42 Å². The normalized spacial score (nSPS) is 16.6. The molecular formula is C14H22O4S2. The van der Waals surface area contributed by atoms with Crippen molar-refractivity contribution in [2.24, 2.45) is 0 Å². The zero-order valence-corrected chi connectivity index (χ0v) is 13.4. The summed E-state index contributed by atoms with van der Waals surface area (Å²) in [7, 11) is -3.37. The summed E-state index contributed by atoms with van der Waals surface area (Å²) in [5, 5.41) is 4.08. The molecule has 0 amide bonds. The van der Waals surface area contributed by atoms with E-state index in [1.54, 1.807) is 11.3 Å². The maximum Gasteiger partial charge on any atom is 0.267 e. The van der Waals surface area contributed by atoms with E-state index in [1.807, 2.05) is 29.8 Å². The summed E-state index contributed by atoms with van der Waals surface area (Å²) in [6.45, 7) is 1.94. The number of hydrogen-bond acceptors (Lipinski definition) is 5. The Morgan fingerprint density at radius 2 is 1.85 bits per heavy atom. The van der Waals surface area contributed by atoms with Crippen molar-refractivity contribution in [3.05, 3.63) is 22.9 Å². The molecule has 4 nitrogen and oxygen atoms in total. The maximum atomic E-state index is 11.4. The zero-order valence-electron chi connectivity index (χ0n) is 11.8. The van der Waals surface area contributed by atoms with E-state index in [4.69, 9.17) is 4.18 Å². The zero-order chi connectivity index (χ0) is 14.8. The minimum atomic E-state index is -3.37. The number of Topliss-reactive ketones (excluding diaryl/α,β-unsaturated/α-hetero) is 1. The predicted octanol–water partition coefficient (Wildman–Crippen LogP) is 3.39. The smallest absolute Gasteiger partial charge is 0.267 e. The van der Waals surface area contributed by atoms with Crippen LogP contribution in [0.3, 0.4) is 0 Å². The van der Waals surface area contributed by atoms with E-state index in [9.17, 15) is 13.2 Å². The Labute approximate surface area is 125 Å². The van der Waals surface area contributed by atoms with Gasteiger partial charge in [0.25, 0.3) is 10.1 Å². The molecule has 1 aromatic heterocycles. The second kappa shape index (κ2) is 9.26. The van der Waals surface area contributed by atoms with Crippen molar-refractivity contribution in [2.45, 2.75) is 51.6 Å². The highest BCUT2D eigenvalue weighted by molar-refractivity contribution is 7.86. The van der Waals surface area contributed by atoms with E-state index in [1.165, 1.54) is 0 Å².